The van der Waals surface area contributed by atoms with Gasteiger partial charge in [-0.15, -0.1) is 0 Å². The van der Waals surface area contributed by atoms with E-state index in [0.29, 0.717) is 5.69 Å². The summed E-state index contributed by atoms with van der Waals surface area (Å²) in [5.74, 6) is -1.61. The zero-order chi connectivity index (χ0) is 20.0. The van der Waals surface area contributed by atoms with Gasteiger partial charge in [0, 0.05) is 17.3 Å². The molecule has 0 atom stereocenters. The lowest BCUT2D eigenvalue weighted by molar-refractivity contribution is -0.121. The van der Waals surface area contributed by atoms with Gasteiger partial charge in [0.05, 0.1) is 12.5 Å². The van der Waals surface area contributed by atoms with E-state index >= 15 is 0 Å². The molecule has 140 valence electrons. The first-order chi connectivity index (χ1) is 12.8. The van der Waals surface area contributed by atoms with Crippen molar-refractivity contribution in [3.05, 3.63) is 58.1 Å². The molecule has 0 radical (unpaired) electrons. The Hall–Kier alpha value is -3.04. The molecule has 1 amide bonds. The van der Waals surface area contributed by atoms with Crippen LogP contribution < -0.4 is 4.90 Å². The van der Waals surface area contributed by atoms with Gasteiger partial charge in [-0.05, 0) is 55.3 Å². The summed E-state index contributed by atoms with van der Waals surface area (Å²) in [5, 5.41) is 18.9. The maximum atomic E-state index is 12.6. The monoisotopic (exact) mass is 386 g/mol. The number of aromatic hydroxyl groups is 1. The Labute approximate surface area is 162 Å². The lowest BCUT2D eigenvalue weighted by Gasteiger charge is -2.22. The Bertz CT molecular complexity index is 885. The third kappa shape index (κ3) is 5.47. The van der Waals surface area contributed by atoms with Crippen molar-refractivity contribution in [2.45, 2.75) is 20.3 Å². The van der Waals surface area contributed by atoms with Gasteiger partial charge in [0.2, 0.25) is 0 Å². The Balaban J connectivity index is 2.15. The quantitative estimate of drug-likeness (QED) is 0.763. The van der Waals surface area contributed by atoms with Crippen molar-refractivity contribution in [3.63, 3.8) is 0 Å². The average molecular weight is 387 g/mol. The number of halogens is 1. The number of carbonyl (C=O) groups excluding carboxylic acids is 2. The normalized spacial score (nSPS) is 10.1. The van der Waals surface area contributed by atoms with Crippen molar-refractivity contribution in [1.29, 1.82) is 5.26 Å². The molecule has 0 heterocycles. The molecular weight excluding hydrogens is 368 g/mol. The number of nitriles is 1. The molecule has 0 spiro atoms. The van der Waals surface area contributed by atoms with Gasteiger partial charge in [0.1, 0.15) is 11.3 Å². The van der Waals surface area contributed by atoms with E-state index in [-0.39, 0.29) is 29.3 Å². The zero-order valence-corrected chi connectivity index (χ0v) is 15.8. The van der Waals surface area contributed by atoms with E-state index in [1.54, 1.807) is 0 Å². The largest absolute Gasteiger partial charge is 0.507 e. The van der Waals surface area contributed by atoms with Crippen molar-refractivity contribution in [1.82, 2.24) is 0 Å². The number of phenolic OH excluding ortho intramolecular Hbond substituents is 1. The summed E-state index contributed by atoms with van der Waals surface area (Å²) in [5.41, 5.74) is 2.46. The molecular formula is C20H19ClN2O4. The van der Waals surface area contributed by atoms with Crippen molar-refractivity contribution in [3.8, 4) is 11.8 Å². The number of esters is 1. The number of benzene rings is 2. The molecule has 0 aliphatic rings. The smallest absolute Gasteiger partial charge is 0.342 e. The molecule has 1 N–H and O–H groups in total. The fourth-order valence-corrected chi connectivity index (χ4v) is 2.79. The highest BCUT2D eigenvalue weighted by Gasteiger charge is 2.20. The van der Waals surface area contributed by atoms with Crippen LogP contribution in [0.5, 0.6) is 5.75 Å². The summed E-state index contributed by atoms with van der Waals surface area (Å²) >= 11 is 5.82. The Kier molecular flexibility index (Phi) is 6.80. The maximum Gasteiger partial charge on any atom is 0.342 e. The second-order valence-electron chi connectivity index (χ2n) is 6.04. The van der Waals surface area contributed by atoms with Crippen LogP contribution in [0.4, 0.5) is 5.69 Å². The molecule has 0 aromatic heterocycles. The van der Waals surface area contributed by atoms with Crippen LogP contribution in [0.3, 0.4) is 0 Å². The number of ether oxygens (including phenoxy) is 1. The predicted octanol–water partition coefficient (Wildman–Crippen LogP) is 3.77. The number of hydrogen-bond acceptors (Lipinski definition) is 5. The van der Waals surface area contributed by atoms with E-state index in [2.05, 4.69) is 0 Å². The molecule has 2 aromatic carbocycles. The van der Waals surface area contributed by atoms with Gasteiger partial charge in [0.15, 0.2) is 6.61 Å². The minimum Gasteiger partial charge on any atom is -0.507 e. The molecule has 0 fully saturated rings. The van der Waals surface area contributed by atoms with Crippen LogP contribution in [0.15, 0.2) is 36.4 Å². The van der Waals surface area contributed by atoms with Crippen molar-refractivity contribution < 1.29 is 19.4 Å². The Morgan fingerprint density at radius 1 is 1.19 bits per heavy atom. The summed E-state index contributed by atoms with van der Waals surface area (Å²) in [6, 6.07) is 11.6. The summed E-state index contributed by atoms with van der Waals surface area (Å²) in [4.78, 5) is 26.2. The van der Waals surface area contributed by atoms with Crippen molar-refractivity contribution >= 4 is 29.2 Å². The highest BCUT2D eigenvalue weighted by molar-refractivity contribution is 6.31. The minimum absolute atomic E-state index is 0.120. The molecule has 6 nitrogen and oxygen atoms in total. The van der Waals surface area contributed by atoms with Crippen LogP contribution in [-0.4, -0.2) is 30.1 Å². The second kappa shape index (κ2) is 9.06. The summed E-state index contributed by atoms with van der Waals surface area (Å²) in [6.07, 6.45) is 0.141. The molecule has 2 rings (SSSR count). The second-order valence-corrected chi connectivity index (χ2v) is 6.47. The molecule has 0 saturated heterocycles. The first kappa shape index (κ1) is 20.3. The predicted molar refractivity (Wildman–Crippen MR) is 102 cm³/mol. The van der Waals surface area contributed by atoms with E-state index in [4.69, 9.17) is 21.6 Å². The fourth-order valence-electron chi connectivity index (χ4n) is 2.62. The summed E-state index contributed by atoms with van der Waals surface area (Å²) < 4.78 is 5.04. The van der Waals surface area contributed by atoms with Gasteiger partial charge in [-0.25, -0.2) is 4.79 Å². The number of carbonyl (C=O) groups is 2. The van der Waals surface area contributed by atoms with Gasteiger partial charge in [-0.1, -0.05) is 17.7 Å². The Morgan fingerprint density at radius 2 is 1.85 bits per heavy atom. The van der Waals surface area contributed by atoms with Gasteiger partial charge >= 0.3 is 5.97 Å². The summed E-state index contributed by atoms with van der Waals surface area (Å²) in [7, 11) is 0. The van der Waals surface area contributed by atoms with Crippen LogP contribution >= 0.6 is 11.6 Å². The van der Waals surface area contributed by atoms with E-state index in [9.17, 15) is 14.7 Å². The fraction of sp³-hybridized carbons (Fsp3) is 0.250. The third-order valence-corrected chi connectivity index (χ3v) is 4.01. The molecule has 0 aliphatic heterocycles. The molecule has 27 heavy (non-hydrogen) atoms. The van der Waals surface area contributed by atoms with Crippen LogP contribution in [-0.2, 0) is 9.53 Å². The zero-order valence-electron chi connectivity index (χ0n) is 15.0. The molecule has 0 aliphatic carbocycles. The van der Waals surface area contributed by atoms with E-state index in [0.717, 1.165) is 11.1 Å². The van der Waals surface area contributed by atoms with Crippen molar-refractivity contribution in [2.75, 3.05) is 18.1 Å². The molecule has 0 bridgehead atoms. The number of anilines is 1. The van der Waals surface area contributed by atoms with Crippen LogP contribution in [0.2, 0.25) is 5.02 Å². The average Bonchev–Trinajstić information content (AvgIpc) is 2.61. The van der Waals surface area contributed by atoms with E-state index < -0.39 is 18.5 Å². The standard InChI is InChI=1S/C20H19ClN2O4/c1-13-8-14(2)10-16(9-13)23(7-3-6-22)19(25)12-27-20(26)17-11-15(21)4-5-18(17)24/h4-5,8-11,24H,3,7,12H2,1-2H3. The third-order valence-electron chi connectivity index (χ3n) is 3.77. The minimum atomic E-state index is -0.857. The molecule has 0 unspecified atom stereocenters. The van der Waals surface area contributed by atoms with Gasteiger partial charge in [0.25, 0.3) is 5.91 Å². The van der Waals surface area contributed by atoms with Gasteiger partial charge in [-0.2, -0.15) is 5.26 Å². The highest BCUT2D eigenvalue weighted by Crippen LogP contribution is 2.23. The molecule has 7 heteroatoms. The van der Waals surface area contributed by atoms with Crippen LogP contribution in [0.1, 0.15) is 27.9 Å². The van der Waals surface area contributed by atoms with E-state index in [1.165, 1.54) is 23.1 Å². The van der Waals surface area contributed by atoms with Crippen LogP contribution in [0.25, 0.3) is 0 Å². The first-order valence-electron chi connectivity index (χ1n) is 8.23. The highest BCUT2D eigenvalue weighted by atomic mass is 35.5. The lowest BCUT2D eigenvalue weighted by Crippen LogP contribution is -2.35. The summed E-state index contributed by atoms with van der Waals surface area (Å²) in [6.45, 7) is 3.47. The number of phenols is 1. The van der Waals surface area contributed by atoms with Gasteiger partial charge < -0.3 is 14.7 Å². The van der Waals surface area contributed by atoms with Gasteiger partial charge in [-0.3, -0.25) is 4.79 Å². The lowest BCUT2D eigenvalue weighted by atomic mass is 10.1. The van der Waals surface area contributed by atoms with E-state index in [1.807, 2.05) is 38.1 Å². The number of nitrogens with zero attached hydrogens (tertiary/aromatic N) is 2. The first-order valence-corrected chi connectivity index (χ1v) is 8.61. The maximum absolute atomic E-state index is 12.6. The SMILES string of the molecule is Cc1cc(C)cc(N(CCC#N)C(=O)COC(=O)c2cc(Cl)ccc2O)c1. The Morgan fingerprint density at radius 3 is 2.48 bits per heavy atom. The number of rotatable bonds is 6. The molecule has 2 aromatic rings. The van der Waals surface area contributed by atoms with Crippen LogP contribution in [0, 0.1) is 25.2 Å². The number of aryl methyl sites for hydroxylation is 2. The molecule has 0 saturated carbocycles. The topological polar surface area (TPSA) is 90.6 Å². The van der Waals surface area contributed by atoms with Crippen molar-refractivity contribution in [2.24, 2.45) is 0 Å². The number of amides is 1. The number of hydrogen-bond donors (Lipinski definition) is 1.